The molecule has 0 saturated heterocycles. The molecule has 0 heterocycles. The van der Waals surface area contributed by atoms with Crippen LogP contribution in [0.4, 0.5) is 0 Å². The largest absolute Gasteiger partial charge is 0.467 e. The summed E-state index contributed by atoms with van der Waals surface area (Å²) in [6, 6.07) is 8.44. The van der Waals surface area contributed by atoms with Crippen LogP contribution in [0.3, 0.4) is 0 Å². The van der Waals surface area contributed by atoms with E-state index in [-0.39, 0.29) is 43.4 Å². The minimum absolute atomic E-state index is 0.00358. The molecule has 7 heteroatoms. The van der Waals surface area contributed by atoms with Gasteiger partial charge in [-0.1, -0.05) is 30.3 Å². The Labute approximate surface area is 153 Å². The van der Waals surface area contributed by atoms with Crippen molar-refractivity contribution in [3.05, 3.63) is 35.9 Å². The second-order valence-corrected chi connectivity index (χ2v) is 6.08. The summed E-state index contributed by atoms with van der Waals surface area (Å²) in [6.45, 7) is 3.27. The highest BCUT2D eigenvalue weighted by Gasteiger charge is 2.22. The van der Waals surface area contributed by atoms with Gasteiger partial charge in [-0.3, -0.25) is 9.59 Å². The Morgan fingerprint density at radius 1 is 0.962 bits per heavy atom. The molecule has 1 rings (SSSR count). The highest BCUT2D eigenvalue weighted by molar-refractivity contribution is 5.87. The van der Waals surface area contributed by atoms with E-state index in [9.17, 15) is 19.2 Å². The van der Waals surface area contributed by atoms with E-state index in [1.165, 1.54) is 14.0 Å². The van der Waals surface area contributed by atoms with Gasteiger partial charge in [-0.15, -0.1) is 0 Å². The summed E-state index contributed by atoms with van der Waals surface area (Å²) in [6.07, 6.45) is 0.282. The summed E-state index contributed by atoms with van der Waals surface area (Å²) in [5.41, 5.74) is 0.972. The Kier molecular flexibility index (Phi) is 9.05. The van der Waals surface area contributed by atoms with Gasteiger partial charge in [-0.25, -0.2) is 4.79 Å². The maximum atomic E-state index is 12.0. The first-order chi connectivity index (χ1) is 12.3. The summed E-state index contributed by atoms with van der Waals surface area (Å²) < 4.78 is 4.63. The van der Waals surface area contributed by atoms with Gasteiger partial charge in [-0.05, 0) is 25.8 Å². The number of benzene rings is 1. The lowest BCUT2D eigenvalue weighted by molar-refractivity contribution is -0.145. The lowest BCUT2D eigenvalue weighted by Gasteiger charge is -2.16. The zero-order valence-corrected chi connectivity index (χ0v) is 15.4. The summed E-state index contributed by atoms with van der Waals surface area (Å²) in [5, 5.41) is 5.34. The van der Waals surface area contributed by atoms with Crippen molar-refractivity contribution in [2.45, 2.75) is 51.6 Å². The molecule has 0 fully saturated rings. The topological polar surface area (TPSA) is 102 Å². The van der Waals surface area contributed by atoms with E-state index >= 15 is 0 Å². The third-order valence-corrected chi connectivity index (χ3v) is 3.86. The van der Waals surface area contributed by atoms with Crippen LogP contribution >= 0.6 is 0 Å². The number of nitrogens with one attached hydrogen (secondary N) is 2. The molecule has 0 bridgehead atoms. The molecule has 26 heavy (non-hydrogen) atoms. The van der Waals surface area contributed by atoms with Crippen molar-refractivity contribution in [1.29, 1.82) is 0 Å². The van der Waals surface area contributed by atoms with Gasteiger partial charge in [0.05, 0.1) is 13.2 Å². The molecule has 0 aliphatic heterocycles. The minimum atomic E-state index is -0.886. The number of hydrogen-bond acceptors (Lipinski definition) is 5. The van der Waals surface area contributed by atoms with E-state index < -0.39 is 17.9 Å². The molecular weight excluding hydrogens is 336 g/mol. The number of esters is 1. The van der Waals surface area contributed by atoms with Gasteiger partial charge >= 0.3 is 5.97 Å². The van der Waals surface area contributed by atoms with E-state index in [1.54, 1.807) is 0 Å². The van der Waals surface area contributed by atoms with Gasteiger partial charge in [0.1, 0.15) is 11.8 Å². The fourth-order valence-electron chi connectivity index (χ4n) is 2.37. The van der Waals surface area contributed by atoms with Crippen molar-refractivity contribution >= 4 is 23.6 Å². The lowest BCUT2D eigenvalue weighted by Crippen LogP contribution is -2.42. The van der Waals surface area contributed by atoms with Crippen LogP contribution in [0, 0.1) is 0 Å². The number of ketones is 1. The van der Waals surface area contributed by atoms with E-state index in [0.717, 1.165) is 5.56 Å². The van der Waals surface area contributed by atoms with Gasteiger partial charge in [-0.2, -0.15) is 0 Å². The van der Waals surface area contributed by atoms with Gasteiger partial charge in [0, 0.05) is 19.3 Å². The number of hydrogen-bond donors (Lipinski definition) is 2. The van der Waals surface area contributed by atoms with Crippen LogP contribution in [0.25, 0.3) is 0 Å². The molecule has 2 amide bonds. The van der Waals surface area contributed by atoms with E-state index in [0.29, 0.717) is 0 Å². The van der Waals surface area contributed by atoms with Crippen LogP contribution in [0.2, 0.25) is 0 Å². The van der Waals surface area contributed by atoms with Crippen molar-refractivity contribution in [2.75, 3.05) is 7.11 Å². The normalized spacial score (nSPS) is 12.6. The van der Waals surface area contributed by atoms with Crippen molar-refractivity contribution < 1.29 is 23.9 Å². The molecule has 0 radical (unpaired) electrons. The Hall–Kier alpha value is -2.70. The van der Waals surface area contributed by atoms with Gasteiger partial charge in [0.15, 0.2) is 0 Å². The van der Waals surface area contributed by atoms with Crippen molar-refractivity contribution in [3.63, 3.8) is 0 Å². The fourth-order valence-corrected chi connectivity index (χ4v) is 2.37. The van der Waals surface area contributed by atoms with Crippen LogP contribution < -0.4 is 10.6 Å². The maximum absolute atomic E-state index is 12.0. The average molecular weight is 362 g/mol. The third-order valence-electron chi connectivity index (χ3n) is 3.86. The number of Topliss-reactive ketones (excluding diaryl/α,β-unsaturated/α-hetero) is 1. The molecule has 0 saturated carbocycles. The molecule has 0 unspecified atom stereocenters. The Bertz CT molecular complexity index is 630. The molecular formula is C19H26N2O5. The molecule has 7 nitrogen and oxygen atoms in total. The number of rotatable bonds is 10. The number of methoxy groups -OCH3 is 1. The summed E-state index contributed by atoms with van der Waals surface area (Å²) >= 11 is 0. The number of carbonyl (C=O) groups excluding carboxylic acids is 4. The first-order valence-electron chi connectivity index (χ1n) is 8.54. The highest BCUT2D eigenvalue weighted by atomic mass is 16.5. The van der Waals surface area contributed by atoms with Crippen LogP contribution in [-0.2, 0) is 23.9 Å². The fraction of sp³-hybridized carbons (Fsp3) is 0.474. The van der Waals surface area contributed by atoms with Crippen LogP contribution in [0.1, 0.15) is 51.1 Å². The highest BCUT2D eigenvalue weighted by Crippen LogP contribution is 2.11. The van der Waals surface area contributed by atoms with Crippen LogP contribution in [0.5, 0.6) is 0 Å². The number of ether oxygens (including phenoxy) is 1. The van der Waals surface area contributed by atoms with Crippen molar-refractivity contribution in [1.82, 2.24) is 10.6 Å². The standard InChI is InChI=1S/C19H26N2O5/c1-13(22)9-10-16(19(25)26-3)21-18(24)12-11-17(23)20-14(2)15-7-5-4-6-8-15/h4-8,14,16H,9-12H2,1-3H3,(H,20,23)(H,21,24)/t14-,16-/m1/s1. The monoisotopic (exact) mass is 362 g/mol. The maximum Gasteiger partial charge on any atom is 0.328 e. The van der Waals surface area contributed by atoms with Crippen LogP contribution in [0.15, 0.2) is 30.3 Å². The lowest BCUT2D eigenvalue weighted by atomic mass is 10.1. The van der Waals surface area contributed by atoms with E-state index in [1.807, 2.05) is 37.3 Å². The first-order valence-corrected chi connectivity index (χ1v) is 8.54. The second kappa shape index (κ2) is 11.0. The molecule has 2 N–H and O–H groups in total. The van der Waals surface area contributed by atoms with Crippen molar-refractivity contribution in [3.8, 4) is 0 Å². The van der Waals surface area contributed by atoms with Gasteiger partial charge in [0.25, 0.3) is 0 Å². The van der Waals surface area contributed by atoms with Crippen molar-refractivity contribution in [2.24, 2.45) is 0 Å². The minimum Gasteiger partial charge on any atom is -0.467 e. The molecule has 0 aliphatic carbocycles. The molecule has 0 aliphatic rings. The second-order valence-electron chi connectivity index (χ2n) is 6.08. The Morgan fingerprint density at radius 2 is 1.54 bits per heavy atom. The molecule has 1 aromatic rings. The van der Waals surface area contributed by atoms with E-state index in [2.05, 4.69) is 15.4 Å². The quantitative estimate of drug-likeness (QED) is 0.617. The summed E-state index contributed by atoms with van der Waals surface area (Å²) in [5.74, 6) is -1.38. The van der Waals surface area contributed by atoms with Gasteiger partial charge < -0.3 is 20.2 Å². The SMILES string of the molecule is COC(=O)[C@@H](CCC(C)=O)NC(=O)CCC(=O)N[C@H](C)c1ccccc1. The molecule has 1 aromatic carbocycles. The Balaban J connectivity index is 2.44. The molecule has 0 aromatic heterocycles. The predicted molar refractivity (Wildman–Crippen MR) is 96.1 cm³/mol. The number of carbonyl (C=O) groups is 4. The molecule has 0 spiro atoms. The molecule has 142 valence electrons. The number of amides is 2. The summed E-state index contributed by atoms with van der Waals surface area (Å²) in [7, 11) is 1.22. The zero-order chi connectivity index (χ0) is 19.5. The smallest absolute Gasteiger partial charge is 0.328 e. The van der Waals surface area contributed by atoms with Crippen LogP contribution in [-0.4, -0.2) is 36.7 Å². The third kappa shape index (κ3) is 7.92. The molecule has 2 atom stereocenters. The van der Waals surface area contributed by atoms with E-state index in [4.69, 9.17) is 0 Å². The summed E-state index contributed by atoms with van der Waals surface area (Å²) in [4.78, 5) is 46.7. The Morgan fingerprint density at radius 3 is 2.08 bits per heavy atom. The predicted octanol–water partition coefficient (Wildman–Crippen LogP) is 1.67. The average Bonchev–Trinajstić information content (AvgIpc) is 2.63. The zero-order valence-electron chi connectivity index (χ0n) is 15.4. The van der Waals surface area contributed by atoms with Gasteiger partial charge in [0.2, 0.25) is 11.8 Å². The first kappa shape index (κ1) is 21.3.